The van der Waals surface area contributed by atoms with Gasteiger partial charge in [-0.15, -0.1) is 0 Å². The Morgan fingerprint density at radius 3 is 2.89 bits per heavy atom. The van der Waals surface area contributed by atoms with Gasteiger partial charge in [0.15, 0.2) is 12.4 Å². The fourth-order valence-corrected chi connectivity index (χ4v) is 3.58. The maximum absolute atomic E-state index is 12.3. The third kappa shape index (κ3) is 3.91. The van der Waals surface area contributed by atoms with Gasteiger partial charge < -0.3 is 14.6 Å². The van der Waals surface area contributed by atoms with Gasteiger partial charge in [-0.1, -0.05) is 18.6 Å². The average Bonchev–Trinajstić information content (AvgIpc) is 2.86. The summed E-state index contributed by atoms with van der Waals surface area (Å²) < 4.78 is 7.81. The molecule has 0 saturated carbocycles. The first-order chi connectivity index (χ1) is 13.6. The normalized spacial score (nSPS) is 13.6. The fourth-order valence-electron chi connectivity index (χ4n) is 3.58. The zero-order valence-electron chi connectivity index (χ0n) is 15.9. The van der Waals surface area contributed by atoms with E-state index < -0.39 is 0 Å². The van der Waals surface area contributed by atoms with Crippen LogP contribution in [0.5, 0.6) is 5.75 Å². The number of fused-ring (bicyclic) bond motifs is 3. The molecule has 1 aliphatic rings. The van der Waals surface area contributed by atoms with E-state index in [9.17, 15) is 9.59 Å². The molecule has 1 aromatic heterocycles. The molecule has 1 aliphatic heterocycles. The Balaban J connectivity index is 1.42. The van der Waals surface area contributed by atoms with E-state index in [2.05, 4.69) is 9.88 Å². The lowest BCUT2D eigenvalue weighted by Crippen LogP contribution is -2.20. The molecule has 0 radical (unpaired) electrons. The summed E-state index contributed by atoms with van der Waals surface area (Å²) in [5, 5.41) is 2.85. The molecule has 1 amide bonds. The molecule has 4 rings (SSSR count). The van der Waals surface area contributed by atoms with Crippen molar-refractivity contribution in [3.8, 4) is 5.75 Å². The van der Waals surface area contributed by atoms with E-state index in [0.29, 0.717) is 17.0 Å². The average molecular weight is 377 g/mol. The predicted molar refractivity (Wildman–Crippen MR) is 108 cm³/mol. The molecule has 2 aromatic carbocycles. The number of carbonyl (C=O) groups is 2. The topological polar surface area (TPSA) is 73.2 Å². The highest BCUT2D eigenvalue weighted by atomic mass is 16.5. The zero-order chi connectivity index (χ0) is 19.5. The SMILES string of the molecule is CC(=O)c1cccc(OCC(=O)Nc2ccc3c(c2)nc2n3CCCCC2)c1. The molecule has 28 heavy (non-hydrogen) atoms. The summed E-state index contributed by atoms with van der Waals surface area (Å²) in [5.74, 6) is 1.33. The minimum Gasteiger partial charge on any atom is -0.484 e. The van der Waals surface area contributed by atoms with Crippen molar-refractivity contribution in [2.45, 2.75) is 39.2 Å². The van der Waals surface area contributed by atoms with Gasteiger partial charge >= 0.3 is 0 Å². The van der Waals surface area contributed by atoms with Crippen LogP contribution in [-0.2, 0) is 17.8 Å². The molecule has 0 fully saturated rings. The number of anilines is 1. The van der Waals surface area contributed by atoms with E-state index in [1.165, 1.54) is 26.2 Å². The highest BCUT2D eigenvalue weighted by Crippen LogP contribution is 2.24. The molecule has 144 valence electrons. The zero-order valence-corrected chi connectivity index (χ0v) is 15.9. The number of aromatic nitrogens is 2. The maximum atomic E-state index is 12.3. The molecule has 0 aliphatic carbocycles. The molecule has 0 bridgehead atoms. The highest BCUT2D eigenvalue weighted by Gasteiger charge is 2.14. The number of ketones is 1. The molecule has 3 aromatic rings. The van der Waals surface area contributed by atoms with Gasteiger partial charge in [0, 0.05) is 24.2 Å². The molecule has 0 saturated heterocycles. The van der Waals surface area contributed by atoms with Crippen molar-refractivity contribution in [1.29, 1.82) is 0 Å². The number of rotatable bonds is 5. The lowest BCUT2D eigenvalue weighted by atomic mass is 10.1. The number of imidazole rings is 1. The Bertz CT molecular complexity index is 1040. The van der Waals surface area contributed by atoms with Crippen LogP contribution in [0.15, 0.2) is 42.5 Å². The second-order valence-electron chi connectivity index (χ2n) is 7.11. The van der Waals surface area contributed by atoms with Gasteiger partial charge in [0.05, 0.1) is 11.0 Å². The first kappa shape index (κ1) is 18.2. The quantitative estimate of drug-likeness (QED) is 0.683. The summed E-state index contributed by atoms with van der Waals surface area (Å²) in [4.78, 5) is 28.4. The number of hydrogen-bond donors (Lipinski definition) is 1. The summed E-state index contributed by atoms with van der Waals surface area (Å²) in [5.41, 5.74) is 3.28. The van der Waals surface area contributed by atoms with Crippen molar-refractivity contribution in [3.63, 3.8) is 0 Å². The van der Waals surface area contributed by atoms with Crippen LogP contribution in [0.3, 0.4) is 0 Å². The summed E-state index contributed by atoms with van der Waals surface area (Å²) in [6.45, 7) is 2.38. The Hall–Kier alpha value is -3.15. The van der Waals surface area contributed by atoms with Crippen molar-refractivity contribution in [1.82, 2.24) is 9.55 Å². The lowest BCUT2D eigenvalue weighted by molar-refractivity contribution is -0.118. The standard InChI is InChI=1S/C22H23N3O3/c1-15(26)16-6-5-7-18(12-16)28-14-22(27)23-17-9-10-20-19(13-17)24-21-8-3-2-4-11-25(20)21/h5-7,9-10,12-13H,2-4,8,11,14H2,1H3,(H,23,27). The van der Waals surface area contributed by atoms with E-state index in [1.54, 1.807) is 24.3 Å². The van der Waals surface area contributed by atoms with Crippen LogP contribution in [0.1, 0.15) is 42.4 Å². The maximum Gasteiger partial charge on any atom is 0.262 e. The summed E-state index contributed by atoms with van der Waals surface area (Å²) >= 11 is 0. The third-order valence-corrected chi connectivity index (χ3v) is 5.00. The first-order valence-electron chi connectivity index (χ1n) is 9.63. The van der Waals surface area contributed by atoms with Crippen LogP contribution in [0.2, 0.25) is 0 Å². The predicted octanol–water partition coefficient (Wildman–Crippen LogP) is 3.98. The van der Waals surface area contributed by atoms with Crippen molar-refractivity contribution >= 4 is 28.4 Å². The summed E-state index contributed by atoms with van der Waals surface area (Å²) in [7, 11) is 0. The van der Waals surface area contributed by atoms with Crippen LogP contribution in [-0.4, -0.2) is 27.8 Å². The van der Waals surface area contributed by atoms with Gasteiger partial charge in [0.25, 0.3) is 5.91 Å². The van der Waals surface area contributed by atoms with Crippen molar-refractivity contribution in [2.75, 3.05) is 11.9 Å². The largest absolute Gasteiger partial charge is 0.484 e. The van der Waals surface area contributed by atoms with Crippen molar-refractivity contribution in [3.05, 3.63) is 53.9 Å². The second-order valence-corrected chi connectivity index (χ2v) is 7.11. The number of benzene rings is 2. The van der Waals surface area contributed by atoms with Crippen molar-refractivity contribution < 1.29 is 14.3 Å². The Morgan fingerprint density at radius 2 is 2.04 bits per heavy atom. The lowest BCUT2D eigenvalue weighted by Gasteiger charge is -2.09. The smallest absolute Gasteiger partial charge is 0.262 e. The van der Waals surface area contributed by atoms with Gasteiger partial charge in [0.1, 0.15) is 11.6 Å². The number of hydrogen-bond acceptors (Lipinski definition) is 4. The highest BCUT2D eigenvalue weighted by molar-refractivity contribution is 5.95. The van der Waals surface area contributed by atoms with Gasteiger partial charge in [0.2, 0.25) is 0 Å². The number of nitrogens with one attached hydrogen (secondary N) is 1. The molecule has 0 unspecified atom stereocenters. The second kappa shape index (κ2) is 7.84. The van der Waals surface area contributed by atoms with E-state index in [4.69, 9.17) is 9.72 Å². The van der Waals surface area contributed by atoms with Gasteiger partial charge in [-0.3, -0.25) is 9.59 Å². The molecule has 1 N–H and O–H groups in total. The Morgan fingerprint density at radius 1 is 1.14 bits per heavy atom. The molecule has 2 heterocycles. The van der Waals surface area contributed by atoms with E-state index >= 15 is 0 Å². The number of Topliss-reactive ketones (excluding diaryl/α,β-unsaturated/α-hetero) is 1. The van der Waals surface area contributed by atoms with Gasteiger partial charge in [-0.05, 0) is 50.1 Å². The minimum atomic E-state index is -0.256. The van der Waals surface area contributed by atoms with Crippen LogP contribution in [0, 0.1) is 0 Å². The molecular formula is C22H23N3O3. The summed E-state index contributed by atoms with van der Waals surface area (Å²) in [6, 6.07) is 12.6. The van der Waals surface area contributed by atoms with E-state index in [-0.39, 0.29) is 18.3 Å². The number of carbonyl (C=O) groups excluding carboxylic acids is 2. The van der Waals surface area contributed by atoms with Crippen LogP contribution < -0.4 is 10.1 Å². The number of ether oxygens (including phenoxy) is 1. The molecule has 0 atom stereocenters. The number of amides is 1. The van der Waals surface area contributed by atoms with Crippen LogP contribution in [0.4, 0.5) is 5.69 Å². The molecule has 0 spiro atoms. The van der Waals surface area contributed by atoms with E-state index in [0.717, 1.165) is 29.8 Å². The van der Waals surface area contributed by atoms with Gasteiger partial charge in [-0.25, -0.2) is 4.98 Å². The van der Waals surface area contributed by atoms with Crippen LogP contribution in [0.25, 0.3) is 11.0 Å². The Labute approximate surface area is 163 Å². The monoisotopic (exact) mass is 377 g/mol. The van der Waals surface area contributed by atoms with Crippen molar-refractivity contribution in [2.24, 2.45) is 0 Å². The summed E-state index contributed by atoms with van der Waals surface area (Å²) in [6.07, 6.45) is 4.60. The van der Waals surface area contributed by atoms with E-state index in [1.807, 2.05) is 18.2 Å². The number of nitrogens with zero attached hydrogens (tertiary/aromatic N) is 2. The Kier molecular flexibility index (Phi) is 5.10. The van der Waals surface area contributed by atoms with Gasteiger partial charge in [-0.2, -0.15) is 0 Å². The third-order valence-electron chi connectivity index (χ3n) is 5.00. The molecule has 6 heteroatoms. The number of aryl methyl sites for hydroxylation is 2. The molecule has 6 nitrogen and oxygen atoms in total. The minimum absolute atomic E-state index is 0.0401. The molecular weight excluding hydrogens is 354 g/mol. The van der Waals surface area contributed by atoms with Crippen LogP contribution >= 0.6 is 0 Å². The first-order valence-corrected chi connectivity index (χ1v) is 9.63. The fraction of sp³-hybridized carbons (Fsp3) is 0.318.